The van der Waals surface area contributed by atoms with E-state index in [1.54, 1.807) is 0 Å². The number of anilines is 2. The van der Waals surface area contributed by atoms with Crippen LogP contribution in [0.5, 0.6) is 0 Å². The van der Waals surface area contributed by atoms with Crippen molar-refractivity contribution in [1.29, 1.82) is 0 Å². The predicted molar refractivity (Wildman–Crippen MR) is 61.2 cm³/mol. The van der Waals surface area contributed by atoms with Gasteiger partial charge in [0.05, 0.1) is 0 Å². The predicted octanol–water partition coefficient (Wildman–Crippen LogP) is 0.664. The minimum atomic E-state index is 0.694. The molecule has 80 valence electrons. The molecule has 1 aliphatic heterocycles. The van der Waals surface area contributed by atoms with E-state index in [-0.39, 0.29) is 0 Å². The number of amides is 1. The minimum Gasteiger partial charge on any atom is -0.369 e. The van der Waals surface area contributed by atoms with E-state index < -0.39 is 0 Å². The van der Waals surface area contributed by atoms with E-state index in [1.807, 2.05) is 24.3 Å². The first-order valence-electron chi connectivity index (χ1n) is 5.16. The quantitative estimate of drug-likeness (QED) is 0.713. The number of piperazine rings is 1. The molecule has 1 heterocycles. The summed E-state index contributed by atoms with van der Waals surface area (Å²) in [4.78, 5) is 12.6. The van der Waals surface area contributed by atoms with Crippen molar-refractivity contribution in [2.75, 3.05) is 36.4 Å². The third-order valence-electron chi connectivity index (χ3n) is 2.58. The minimum absolute atomic E-state index is 0.694. The van der Waals surface area contributed by atoms with Gasteiger partial charge in [-0.05, 0) is 24.3 Å². The first-order chi connectivity index (χ1) is 7.40. The normalized spacial score (nSPS) is 16.1. The van der Waals surface area contributed by atoms with Crippen molar-refractivity contribution in [3.05, 3.63) is 24.3 Å². The van der Waals surface area contributed by atoms with Gasteiger partial charge in [-0.2, -0.15) is 0 Å². The van der Waals surface area contributed by atoms with Crippen LogP contribution < -0.4 is 15.5 Å². The van der Waals surface area contributed by atoms with Crippen LogP contribution in [0.4, 0.5) is 11.4 Å². The van der Waals surface area contributed by atoms with Crippen LogP contribution in [0.2, 0.25) is 0 Å². The lowest BCUT2D eigenvalue weighted by Crippen LogP contribution is -2.43. The summed E-state index contributed by atoms with van der Waals surface area (Å²) < 4.78 is 0. The fraction of sp³-hybridized carbons (Fsp3) is 0.364. The molecule has 0 aromatic heterocycles. The van der Waals surface area contributed by atoms with Crippen molar-refractivity contribution in [3.8, 4) is 0 Å². The summed E-state index contributed by atoms with van der Waals surface area (Å²) in [7, 11) is 0. The molecule has 0 saturated carbocycles. The van der Waals surface area contributed by atoms with E-state index in [2.05, 4.69) is 15.5 Å². The summed E-state index contributed by atoms with van der Waals surface area (Å²) in [6, 6.07) is 7.92. The molecule has 1 aromatic carbocycles. The second-order valence-corrected chi connectivity index (χ2v) is 3.55. The smallest absolute Gasteiger partial charge is 0.211 e. The molecule has 0 radical (unpaired) electrons. The molecule has 0 aliphatic carbocycles. The van der Waals surface area contributed by atoms with Gasteiger partial charge < -0.3 is 15.5 Å². The molecule has 2 N–H and O–H groups in total. The van der Waals surface area contributed by atoms with Crippen LogP contribution >= 0.6 is 0 Å². The van der Waals surface area contributed by atoms with E-state index in [0.29, 0.717) is 6.41 Å². The van der Waals surface area contributed by atoms with Crippen LogP contribution in [0.25, 0.3) is 0 Å². The Balaban J connectivity index is 2.04. The fourth-order valence-electron chi connectivity index (χ4n) is 1.76. The first kappa shape index (κ1) is 9.98. The summed E-state index contributed by atoms with van der Waals surface area (Å²) in [6.07, 6.45) is 0.694. The Morgan fingerprint density at radius 1 is 1.20 bits per heavy atom. The van der Waals surface area contributed by atoms with Crippen molar-refractivity contribution in [1.82, 2.24) is 5.32 Å². The molecule has 0 unspecified atom stereocenters. The molecular weight excluding hydrogens is 190 g/mol. The van der Waals surface area contributed by atoms with Gasteiger partial charge in [-0.25, -0.2) is 0 Å². The van der Waals surface area contributed by atoms with Crippen molar-refractivity contribution in [2.45, 2.75) is 0 Å². The summed E-state index contributed by atoms with van der Waals surface area (Å²) in [5.74, 6) is 0. The Hall–Kier alpha value is -1.55. The van der Waals surface area contributed by atoms with Crippen LogP contribution in [0.15, 0.2) is 24.3 Å². The highest BCUT2D eigenvalue weighted by Crippen LogP contribution is 2.17. The summed E-state index contributed by atoms with van der Waals surface area (Å²) in [6.45, 7) is 4.16. The Labute approximate surface area is 89.3 Å². The molecule has 4 heteroatoms. The average molecular weight is 205 g/mol. The number of benzene rings is 1. The Morgan fingerprint density at radius 3 is 2.47 bits per heavy atom. The zero-order chi connectivity index (χ0) is 10.5. The molecule has 0 atom stereocenters. The molecule has 0 spiro atoms. The van der Waals surface area contributed by atoms with Crippen molar-refractivity contribution in [3.63, 3.8) is 0 Å². The lowest BCUT2D eigenvalue weighted by Gasteiger charge is -2.29. The van der Waals surface area contributed by atoms with Crippen LogP contribution in [-0.4, -0.2) is 32.6 Å². The maximum atomic E-state index is 10.2. The maximum Gasteiger partial charge on any atom is 0.211 e. The molecule has 1 aliphatic rings. The van der Waals surface area contributed by atoms with E-state index in [4.69, 9.17) is 0 Å². The third kappa shape index (κ3) is 2.47. The van der Waals surface area contributed by atoms with Crippen molar-refractivity contribution < 1.29 is 4.79 Å². The average Bonchev–Trinajstić information content (AvgIpc) is 2.32. The molecular formula is C11H15N3O. The van der Waals surface area contributed by atoms with Gasteiger partial charge >= 0.3 is 0 Å². The molecule has 1 saturated heterocycles. The topological polar surface area (TPSA) is 44.4 Å². The van der Waals surface area contributed by atoms with Gasteiger partial charge in [0, 0.05) is 37.6 Å². The number of nitrogens with one attached hydrogen (secondary N) is 2. The van der Waals surface area contributed by atoms with Crippen LogP contribution in [0.3, 0.4) is 0 Å². The number of hydrogen-bond donors (Lipinski definition) is 2. The Kier molecular flexibility index (Phi) is 3.19. The SMILES string of the molecule is O=CNc1ccc(N2CCNCC2)cc1. The Morgan fingerprint density at radius 2 is 1.87 bits per heavy atom. The second kappa shape index (κ2) is 4.79. The van der Waals surface area contributed by atoms with Gasteiger partial charge in [0.15, 0.2) is 0 Å². The fourth-order valence-corrected chi connectivity index (χ4v) is 1.76. The molecule has 2 rings (SSSR count). The Bertz CT molecular complexity index is 317. The standard InChI is InChI=1S/C11H15N3O/c15-9-13-10-1-3-11(4-2-10)14-7-5-12-6-8-14/h1-4,9,12H,5-8H2,(H,13,15). The highest BCUT2D eigenvalue weighted by Gasteiger charge is 2.09. The number of rotatable bonds is 3. The van der Waals surface area contributed by atoms with E-state index >= 15 is 0 Å². The van der Waals surface area contributed by atoms with Crippen LogP contribution in [0, 0.1) is 0 Å². The lowest BCUT2D eigenvalue weighted by atomic mass is 10.2. The zero-order valence-electron chi connectivity index (χ0n) is 8.57. The lowest BCUT2D eigenvalue weighted by molar-refractivity contribution is -0.105. The number of carbonyl (C=O) groups is 1. The van der Waals surface area contributed by atoms with Gasteiger partial charge in [0.2, 0.25) is 6.41 Å². The summed E-state index contributed by atoms with van der Waals surface area (Å²) in [5.41, 5.74) is 2.05. The largest absolute Gasteiger partial charge is 0.369 e. The molecule has 15 heavy (non-hydrogen) atoms. The second-order valence-electron chi connectivity index (χ2n) is 3.55. The van der Waals surface area contributed by atoms with E-state index in [1.165, 1.54) is 5.69 Å². The third-order valence-corrected chi connectivity index (χ3v) is 2.58. The van der Waals surface area contributed by atoms with Crippen molar-refractivity contribution in [2.24, 2.45) is 0 Å². The van der Waals surface area contributed by atoms with E-state index in [9.17, 15) is 4.79 Å². The highest BCUT2D eigenvalue weighted by molar-refractivity contribution is 5.72. The van der Waals surface area contributed by atoms with Gasteiger partial charge in [0.25, 0.3) is 0 Å². The molecule has 1 fully saturated rings. The van der Waals surface area contributed by atoms with Gasteiger partial charge in [-0.15, -0.1) is 0 Å². The van der Waals surface area contributed by atoms with Crippen LogP contribution in [-0.2, 0) is 4.79 Å². The zero-order valence-corrected chi connectivity index (χ0v) is 8.57. The molecule has 1 amide bonds. The highest BCUT2D eigenvalue weighted by atomic mass is 16.1. The summed E-state index contributed by atoms with van der Waals surface area (Å²) in [5, 5.41) is 5.94. The molecule has 1 aromatic rings. The van der Waals surface area contributed by atoms with E-state index in [0.717, 1.165) is 31.9 Å². The molecule has 4 nitrogen and oxygen atoms in total. The van der Waals surface area contributed by atoms with Gasteiger partial charge in [-0.1, -0.05) is 0 Å². The first-order valence-corrected chi connectivity index (χ1v) is 5.16. The number of nitrogens with zero attached hydrogens (tertiary/aromatic N) is 1. The van der Waals surface area contributed by atoms with Crippen LogP contribution in [0.1, 0.15) is 0 Å². The monoisotopic (exact) mass is 205 g/mol. The van der Waals surface area contributed by atoms with Crippen molar-refractivity contribution >= 4 is 17.8 Å². The summed E-state index contributed by atoms with van der Waals surface area (Å²) >= 11 is 0. The number of carbonyl (C=O) groups excluding carboxylic acids is 1. The molecule has 0 bridgehead atoms. The van der Waals surface area contributed by atoms with Gasteiger partial charge in [0.1, 0.15) is 0 Å². The number of hydrogen-bond acceptors (Lipinski definition) is 3. The maximum absolute atomic E-state index is 10.2. The van der Waals surface area contributed by atoms with Gasteiger partial charge in [-0.3, -0.25) is 4.79 Å².